The maximum Gasteiger partial charge on any atom is 0.460 e. The second-order valence-corrected chi connectivity index (χ2v) is 16.1. The minimum Gasteiger partial charge on any atom is -0.298 e. The van der Waals surface area contributed by atoms with Gasteiger partial charge in [0.05, 0.1) is 5.75 Å². The van der Waals surface area contributed by atoms with E-state index in [1.807, 2.05) is 0 Å². The first-order chi connectivity index (χ1) is 19.4. The Kier molecular flexibility index (Phi) is 10.7. The average Bonchev–Trinajstić information content (AvgIpc) is 2.87. The van der Waals surface area contributed by atoms with E-state index in [4.69, 9.17) is 0 Å². The van der Waals surface area contributed by atoms with Gasteiger partial charge in [-0.05, 0) is 12.8 Å². The fourth-order valence-electron chi connectivity index (χ4n) is 4.20. The van der Waals surface area contributed by atoms with E-state index in [-0.39, 0.29) is 24.3 Å². The van der Waals surface area contributed by atoms with Gasteiger partial charge in [-0.25, -0.2) is 3.63 Å². The Hall–Kier alpha value is -0.910. The minimum atomic E-state index is -8.91. The molecule has 2 rings (SSSR count). The molecule has 24 heteroatoms. The van der Waals surface area contributed by atoms with E-state index >= 15 is 0 Å². The number of ketones is 1. The second kappa shape index (κ2) is 12.0. The zero-order valence-electron chi connectivity index (χ0n) is 21.4. The van der Waals surface area contributed by atoms with Crippen molar-refractivity contribution in [2.45, 2.75) is 79.1 Å². The Morgan fingerprint density at radius 2 is 1.02 bits per heavy atom. The Morgan fingerprint density at radius 1 is 0.636 bits per heavy atom. The van der Waals surface area contributed by atoms with Gasteiger partial charge in [0.2, 0.25) is 0 Å². The maximum atomic E-state index is 14.6. The summed E-state index contributed by atoms with van der Waals surface area (Å²) in [5.74, 6) is -56.3. The van der Waals surface area contributed by atoms with Crippen LogP contribution in [-0.4, -0.2) is 89.9 Å². The van der Waals surface area contributed by atoms with Gasteiger partial charge in [0.15, 0.2) is 0 Å². The minimum absolute atomic E-state index is 0.187. The van der Waals surface area contributed by atoms with Crippen molar-refractivity contribution in [1.29, 1.82) is 0 Å². The summed E-state index contributed by atoms with van der Waals surface area (Å²) in [7, 11) is -11.5. The zero-order chi connectivity index (χ0) is 34.6. The van der Waals surface area contributed by atoms with Crippen molar-refractivity contribution >= 4 is 38.0 Å². The highest BCUT2D eigenvalue weighted by Gasteiger charge is 2.96. The molecular formula is C20H21F17O4S3. The number of rotatable bonds is 12. The van der Waals surface area contributed by atoms with E-state index < -0.39 is 96.4 Å². The Labute approximate surface area is 243 Å². The SMILES string of the molecule is O=C(CS1(OS(=O)(=O)C(F)(F)C(F)(F)C(F)(F)C(F)(F)C(F)(F)C(F)(F)C(F)(F)C(F)(F)F)CCSCC1)C1CCCCC1. The molecule has 1 saturated carbocycles. The third-order valence-corrected chi connectivity index (χ3v) is 13.9. The molecule has 262 valence electrons. The van der Waals surface area contributed by atoms with Crippen LogP contribution in [0.5, 0.6) is 0 Å². The van der Waals surface area contributed by atoms with E-state index in [1.54, 1.807) is 0 Å². The first-order valence-electron chi connectivity index (χ1n) is 11.9. The summed E-state index contributed by atoms with van der Waals surface area (Å²) in [5.41, 5.74) is 0. The molecule has 0 radical (unpaired) electrons. The standard InChI is InChI=1S/C20H21F17O4S3/c21-13(22,15(25,26)17(29,30)19(33,34)35)14(23,24)16(27,28)18(31,32)20(36,37)44(39,40)41-43(8-6-42-7-9-43)10-12(38)11-4-2-1-3-5-11/h11H,1-10H2. The molecule has 0 atom stereocenters. The molecule has 1 aliphatic carbocycles. The van der Waals surface area contributed by atoms with Crippen molar-refractivity contribution in [3.8, 4) is 0 Å². The highest BCUT2D eigenvalue weighted by atomic mass is 32.3. The van der Waals surface area contributed by atoms with Crippen LogP contribution in [0.25, 0.3) is 0 Å². The van der Waals surface area contributed by atoms with Crippen LogP contribution in [0.2, 0.25) is 0 Å². The third kappa shape index (κ3) is 6.10. The molecule has 0 aromatic carbocycles. The van der Waals surface area contributed by atoms with Gasteiger partial charge in [-0.1, -0.05) is 19.3 Å². The first kappa shape index (κ1) is 39.3. The van der Waals surface area contributed by atoms with E-state index in [0.29, 0.717) is 19.3 Å². The van der Waals surface area contributed by atoms with Crippen LogP contribution in [0, 0.1) is 5.92 Å². The summed E-state index contributed by atoms with van der Waals surface area (Å²) in [6.07, 6.45) is -5.75. The molecule has 4 nitrogen and oxygen atoms in total. The molecule has 0 aromatic heterocycles. The highest BCUT2D eigenvalue weighted by molar-refractivity contribution is 8.34. The summed E-state index contributed by atoms with van der Waals surface area (Å²) in [4.78, 5) is 12.7. The summed E-state index contributed by atoms with van der Waals surface area (Å²) in [6, 6.07) is 0. The van der Waals surface area contributed by atoms with Gasteiger partial charge in [-0.15, -0.1) is 10.3 Å². The van der Waals surface area contributed by atoms with Gasteiger partial charge in [-0.3, -0.25) is 4.79 Å². The van der Waals surface area contributed by atoms with Crippen LogP contribution < -0.4 is 0 Å². The van der Waals surface area contributed by atoms with Crippen molar-refractivity contribution in [2.24, 2.45) is 5.92 Å². The molecule has 0 N–H and O–H groups in total. The summed E-state index contributed by atoms with van der Waals surface area (Å²) in [6.45, 7) is 0. The number of Topliss-reactive ketones (excluding diaryl/α,β-unsaturated/α-hetero) is 1. The number of hydrogen-bond donors (Lipinski definition) is 0. The lowest BCUT2D eigenvalue weighted by Gasteiger charge is -2.44. The molecule has 1 saturated heterocycles. The molecule has 2 aliphatic rings. The van der Waals surface area contributed by atoms with E-state index in [9.17, 15) is 87.8 Å². The summed E-state index contributed by atoms with van der Waals surface area (Å²) in [5, 5.41) is -7.75. The van der Waals surface area contributed by atoms with Gasteiger partial charge < -0.3 is 0 Å². The smallest absolute Gasteiger partial charge is 0.298 e. The summed E-state index contributed by atoms with van der Waals surface area (Å²) >= 11 is 0.999. The molecule has 1 aliphatic heterocycles. The van der Waals surface area contributed by atoms with Crippen molar-refractivity contribution in [3.05, 3.63) is 0 Å². The lowest BCUT2D eigenvalue weighted by atomic mass is 9.87. The second-order valence-electron chi connectivity index (χ2n) is 9.92. The lowest BCUT2D eigenvalue weighted by Crippen LogP contribution is -2.75. The fraction of sp³-hybridized carbons (Fsp3) is 0.950. The Bertz CT molecular complexity index is 1160. The van der Waals surface area contributed by atoms with E-state index in [1.165, 1.54) is 0 Å². The first-order valence-corrected chi connectivity index (χ1v) is 16.6. The van der Waals surface area contributed by atoms with Gasteiger partial charge >= 0.3 is 57.1 Å². The number of hydrogen-bond acceptors (Lipinski definition) is 5. The van der Waals surface area contributed by atoms with Crippen LogP contribution in [0.1, 0.15) is 32.1 Å². The largest absolute Gasteiger partial charge is 0.460 e. The molecule has 44 heavy (non-hydrogen) atoms. The molecule has 1 heterocycles. The molecule has 0 amide bonds. The normalized spacial score (nSPS) is 21.7. The van der Waals surface area contributed by atoms with Crippen molar-refractivity contribution in [2.75, 3.05) is 28.8 Å². The lowest BCUT2D eigenvalue weighted by molar-refractivity contribution is -0.458. The number of alkyl halides is 17. The molecular weight excluding hydrogens is 723 g/mol. The predicted octanol–water partition coefficient (Wildman–Crippen LogP) is 7.92. The van der Waals surface area contributed by atoms with Gasteiger partial charge in [0.1, 0.15) is 5.78 Å². The van der Waals surface area contributed by atoms with Crippen LogP contribution in [0.15, 0.2) is 0 Å². The molecule has 2 fully saturated rings. The highest BCUT2D eigenvalue weighted by Crippen LogP contribution is 2.65. The monoisotopic (exact) mass is 744 g/mol. The van der Waals surface area contributed by atoms with Gasteiger partial charge in [0.25, 0.3) is 0 Å². The van der Waals surface area contributed by atoms with E-state index in [2.05, 4.69) is 3.63 Å². The molecule has 0 spiro atoms. The Balaban J connectivity index is 2.55. The Morgan fingerprint density at radius 3 is 1.43 bits per heavy atom. The number of halogens is 17. The summed E-state index contributed by atoms with van der Waals surface area (Å²) < 4.78 is 260. The van der Waals surface area contributed by atoms with Crippen LogP contribution >= 0.6 is 22.1 Å². The van der Waals surface area contributed by atoms with Gasteiger partial charge in [-0.2, -0.15) is 94.8 Å². The van der Waals surface area contributed by atoms with E-state index in [0.717, 1.165) is 11.8 Å². The molecule has 0 aromatic rings. The quantitative estimate of drug-likeness (QED) is 0.190. The number of carbonyl (C=O) groups excluding carboxylic acids is 1. The molecule has 0 bridgehead atoms. The van der Waals surface area contributed by atoms with Crippen molar-refractivity contribution in [3.63, 3.8) is 0 Å². The average molecular weight is 745 g/mol. The number of thioether (sulfide) groups is 1. The van der Waals surface area contributed by atoms with Gasteiger partial charge in [0, 0.05) is 28.9 Å². The zero-order valence-corrected chi connectivity index (χ0v) is 23.9. The molecule has 0 unspecified atom stereocenters. The van der Waals surface area contributed by atoms with Crippen LogP contribution in [0.4, 0.5) is 74.6 Å². The van der Waals surface area contributed by atoms with Crippen LogP contribution in [0.3, 0.4) is 0 Å². The predicted molar refractivity (Wildman–Crippen MR) is 122 cm³/mol. The van der Waals surface area contributed by atoms with Crippen molar-refractivity contribution in [1.82, 2.24) is 0 Å². The van der Waals surface area contributed by atoms with Crippen molar-refractivity contribution < 1.29 is 91.5 Å². The van der Waals surface area contributed by atoms with Crippen LogP contribution in [-0.2, 0) is 18.5 Å². The number of carbonyl (C=O) groups is 1. The topological polar surface area (TPSA) is 60.4 Å². The fourth-order valence-corrected chi connectivity index (χ4v) is 12.1. The third-order valence-electron chi connectivity index (χ3n) is 6.91. The maximum absolute atomic E-state index is 14.6.